The highest BCUT2D eigenvalue weighted by atomic mass is 32.2. The van der Waals surface area contributed by atoms with Crippen LogP contribution in [-0.2, 0) is 30.8 Å². The van der Waals surface area contributed by atoms with Crippen LogP contribution in [0.3, 0.4) is 0 Å². The minimum atomic E-state index is -4.73. The summed E-state index contributed by atoms with van der Waals surface area (Å²) in [5, 5.41) is 10.2. The number of hydrogen-bond donors (Lipinski definition) is 1. The highest BCUT2D eigenvalue weighted by Gasteiger charge is 2.54. The molecule has 2 aromatic carbocycles. The van der Waals surface area contributed by atoms with E-state index in [1.165, 1.54) is 6.08 Å². The molecule has 6 nitrogen and oxygen atoms in total. The number of hydrogen-bond acceptors (Lipinski definition) is 5. The van der Waals surface area contributed by atoms with Crippen molar-refractivity contribution in [3.05, 3.63) is 77.9 Å². The fourth-order valence-electron chi connectivity index (χ4n) is 5.02. The van der Waals surface area contributed by atoms with Gasteiger partial charge in [0.2, 0.25) is 10.0 Å². The van der Waals surface area contributed by atoms with Crippen LogP contribution in [0.4, 0.5) is 22.0 Å². The number of sulfonamides is 1. The van der Waals surface area contributed by atoms with Crippen LogP contribution >= 0.6 is 0 Å². The zero-order chi connectivity index (χ0) is 27.8. The lowest BCUT2D eigenvalue weighted by molar-refractivity contribution is -0.137. The molecule has 1 aliphatic rings. The average Bonchev–Trinajstić information content (AvgIpc) is 2.82. The molecule has 0 amide bonds. The van der Waals surface area contributed by atoms with Gasteiger partial charge in [-0.25, -0.2) is 25.6 Å². The lowest BCUT2D eigenvalue weighted by Crippen LogP contribution is -2.53. The van der Waals surface area contributed by atoms with Crippen LogP contribution in [0, 0.1) is 17.6 Å². The van der Waals surface area contributed by atoms with Gasteiger partial charge >= 0.3 is 6.18 Å². The lowest BCUT2D eigenvalue weighted by Gasteiger charge is -2.46. The van der Waals surface area contributed by atoms with Gasteiger partial charge < -0.3 is 5.11 Å². The van der Waals surface area contributed by atoms with Crippen molar-refractivity contribution in [3.63, 3.8) is 0 Å². The number of benzene rings is 2. The smallest absolute Gasteiger partial charge is 0.396 e. The van der Waals surface area contributed by atoms with Crippen LogP contribution in [0.2, 0.25) is 0 Å². The maximum absolute atomic E-state index is 15.1. The highest BCUT2D eigenvalue weighted by Crippen LogP contribution is 2.51. The van der Waals surface area contributed by atoms with Gasteiger partial charge in [-0.3, -0.25) is 0 Å². The average molecular weight is 568 g/mol. The van der Waals surface area contributed by atoms with E-state index in [4.69, 9.17) is 0 Å². The first-order valence-electron chi connectivity index (χ1n) is 11.1. The van der Waals surface area contributed by atoms with Crippen molar-refractivity contribution in [1.29, 1.82) is 0 Å². The van der Waals surface area contributed by atoms with Crippen molar-refractivity contribution < 1.29 is 43.9 Å². The second-order valence-electron chi connectivity index (χ2n) is 9.02. The third kappa shape index (κ3) is 5.59. The Kier molecular flexibility index (Phi) is 8.23. The number of alkyl halides is 3. The van der Waals surface area contributed by atoms with E-state index in [1.54, 1.807) is 0 Å². The summed E-state index contributed by atoms with van der Waals surface area (Å²) in [6, 6.07) is 4.02. The molecule has 1 N–H and O–H groups in total. The maximum atomic E-state index is 15.1. The van der Waals surface area contributed by atoms with Crippen molar-refractivity contribution in [3.8, 4) is 0 Å². The Morgan fingerprint density at radius 3 is 2.24 bits per heavy atom. The molecule has 0 unspecified atom stereocenters. The Bertz CT molecular complexity index is 1360. The second-order valence-corrected chi connectivity index (χ2v) is 13.2. The number of aliphatic hydroxyl groups is 1. The van der Waals surface area contributed by atoms with Crippen molar-refractivity contribution in [2.24, 2.45) is 5.92 Å². The molecular formula is C24H26F5NO5S2. The van der Waals surface area contributed by atoms with Crippen molar-refractivity contribution >= 4 is 19.9 Å². The summed E-state index contributed by atoms with van der Waals surface area (Å²) in [6.07, 6.45) is -3.53. The molecular weight excluding hydrogens is 541 g/mol. The zero-order valence-electron chi connectivity index (χ0n) is 19.7. The van der Waals surface area contributed by atoms with Gasteiger partial charge in [-0.05, 0) is 61.7 Å². The Morgan fingerprint density at radius 1 is 1.11 bits per heavy atom. The fraction of sp³-hybridized carbons (Fsp3) is 0.417. The normalized spacial score (nSPS) is 23.2. The van der Waals surface area contributed by atoms with Crippen molar-refractivity contribution in [1.82, 2.24) is 4.31 Å². The van der Waals surface area contributed by atoms with Gasteiger partial charge in [0.05, 0.1) is 16.7 Å². The first-order chi connectivity index (χ1) is 17.1. The third-order valence-electron chi connectivity index (χ3n) is 6.75. The second kappa shape index (κ2) is 10.4. The van der Waals surface area contributed by atoms with Crippen LogP contribution in [0.5, 0.6) is 0 Å². The fourth-order valence-corrected chi connectivity index (χ4v) is 8.37. The van der Waals surface area contributed by atoms with E-state index >= 15 is 4.39 Å². The summed E-state index contributed by atoms with van der Waals surface area (Å²) in [6.45, 7) is 2.71. The molecule has 0 aromatic heterocycles. The molecule has 1 fully saturated rings. The Labute approximate surface area is 212 Å². The summed E-state index contributed by atoms with van der Waals surface area (Å²) < 4.78 is 120. The number of rotatable bonds is 8. The van der Waals surface area contributed by atoms with E-state index in [0.717, 1.165) is 34.8 Å². The number of nitrogens with zero attached hydrogens (tertiary/aromatic N) is 1. The quantitative estimate of drug-likeness (QED) is 0.380. The van der Waals surface area contributed by atoms with E-state index < -0.39 is 83.4 Å². The summed E-state index contributed by atoms with van der Waals surface area (Å²) in [4.78, 5) is -0.551. The molecule has 204 valence electrons. The maximum Gasteiger partial charge on any atom is 0.416 e. The largest absolute Gasteiger partial charge is 0.416 e. The zero-order valence-corrected chi connectivity index (χ0v) is 21.4. The SMILES string of the molecule is C=CCN([C@H]1CC[C@@](c2cc(F)ccc2F)(S(=O)(=O)c2ccc(C(F)(F)F)cc2)C[C@H]1CO)S(C)(=O)=O. The van der Waals surface area contributed by atoms with Crippen LogP contribution in [0.25, 0.3) is 0 Å². The van der Waals surface area contributed by atoms with Gasteiger partial charge in [0.1, 0.15) is 16.4 Å². The first kappa shape index (κ1) is 29.2. The van der Waals surface area contributed by atoms with E-state index in [2.05, 4.69) is 6.58 Å². The molecule has 0 heterocycles. The van der Waals surface area contributed by atoms with Crippen molar-refractivity contribution in [2.75, 3.05) is 19.4 Å². The molecule has 0 saturated heterocycles. The molecule has 13 heteroatoms. The molecule has 0 radical (unpaired) electrons. The van der Waals surface area contributed by atoms with Crippen LogP contribution in [-0.4, -0.2) is 51.7 Å². The Hall–Kier alpha value is -2.35. The predicted octanol–water partition coefficient (Wildman–Crippen LogP) is 4.26. The van der Waals surface area contributed by atoms with E-state index in [0.29, 0.717) is 18.2 Å². The highest BCUT2D eigenvalue weighted by molar-refractivity contribution is 7.92. The van der Waals surface area contributed by atoms with Crippen LogP contribution in [0.15, 0.2) is 60.0 Å². The van der Waals surface area contributed by atoms with E-state index in [9.17, 15) is 39.5 Å². The summed E-state index contributed by atoms with van der Waals surface area (Å²) in [7, 11) is -8.52. The summed E-state index contributed by atoms with van der Waals surface area (Å²) in [5.41, 5.74) is -1.64. The molecule has 3 rings (SSSR count). The summed E-state index contributed by atoms with van der Waals surface area (Å²) in [5.74, 6) is -3.03. The predicted molar refractivity (Wildman–Crippen MR) is 127 cm³/mol. The molecule has 0 aliphatic heterocycles. The Morgan fingerprint density at radius 2 is 1.73 bits per heavy atom. The molecule has 1 saturated carbocycles. The third-order valence-corrected chi connectivity index (χ3v) is 10.5. The number of halogens is 5. The number of aliphatic hydroxyl groups excluding tert-OH is 1. The minimum absolute atomic E-state index is 0.132. The first-order valence-corrected chi connectivity index (χ1v) is 14.5. The van der Waals surface area contributed by atoms with Crippen LogP contribution in [0.1, 0.15) is 30.4 Å². The monoisotopic (exact) mass is 567 g/mol. The summed E-state index contributed by atoms with van der Waals surface area (Å²) >= 11 is 0. The minimum Gasteiger partial charge on any atom is -0.396 e. The molecule has 37 heavy (non-hydrogen) atoms. The molecule has 2 aromatic rings. The van der Waals surface area contributed by atoms with Crippen LogP contribution < -0.4 is 0 Å². The standard InChI is InChI=1S/C24H26F5NO5S2/c1-3-12-30(36(2,32)33)22-10-11-23(14-16(22)15-31,20-13-18(25)6-9-21(20)26)37(34,35)19-7-4-17(5-8-19)24(27,28)29/h3-9,13,16,22,31H,1,10-12,14-15H2,2H3/t16-,22-,23+/m0/s1. The topological polar surface area (TPSA) is 91.8 Å². The number of sulfone groups is 1. The molecule has 3 atom stereocenters. The van der Waals surface area contributed by atoms with Gasteiger partial charge in [-0.15, -0.1) is 6.58 Å². The van der Waals surface area contributed by atoms with Gasteiger partial charge in [0, 0.05) is 30.7 Å². The Balaban J connectivity index is 2.21. The van der Waals surface area contributed by atoms with Gasteiger partial charge in [0.25, 0.3) is 0 Å². The van der Waals surface area contributed by atoms with E-state index in [1.807, 2.05) is 0 Å². The molecule has 0 spiro atoms. The molecule has 0 bridgehead atoms. The van der Waals surface area contributed by atoms with Gasteiger partial charge in [-0.2, -0.15) is 17.5 Å². The van der Waals surface area contributed by atoms with E-state index in [-0.39, 0.29) is 19.4 Å². The molecule has 1 aliphatic carbocycles. The lowest BCUT2D eigenvalue weighted by atomic mass is 9.74. The van der Waals surface area contributed by atoms with Gasteiger partial charge in [0.15, 0.2) is 9.84 Å². The van der Waals surface area contributed by atoms with Gasteiger partial charge in [-0.1, -0.05) is 6.08 Å². The van der Waals surface area contributed by atoms with Crippen molar-refractivity contribution in [2.45, 2.75) is 41.1 Å².